The molecule has 0 unspecified atom stereocenters. The Morgan fingerprint density at radius 3 is 2.41 bits per heavy atom. The van der Waals surface area contributed by atoms with Crippen LogP contribution in [0.3, 0.4) is 0 Å². The number of halogens is 1. The molecule has 0 bridgehead atoms. The Balaban J connectivity index is 1.32. The lowest BCUT2D eigenvalue weighted by Gasteiger charge is -2.06. The van der Waals surface area contributed by atoms with Crippen molar-refractivity contribution in [2.24, 2.45) is 10.2 Å². The van der Waals surface area contributed by atoms with Crippen LogP contribution in [0.2, 0.25) is 5.02 Å². The average molecular weight is 479 g/mol. The number of hydrogen-bond acceptors (Lipinski definition) is 8. The number of amides is 1. The van der Waals surface area contributed by atoms with Crippen LogP contribution in [-0.2, 0) is 4.79 Å². The van der Waals surface area contributed by atoms with Crippen molar-refractivity contribution >= 4 is 61.9 Å². The van der Waals surface area contributed by atoms with Gasteiger partial charge < -0.3 is 0 Å². The predicted molar refractivity (Wildman–Crippen MR) is 132 cm³/mol. The second-order valence-electron chi connectivity index (χ2n) is 6.80. The minimum absolute atomic E-state index is 0.227. The van der Waals surface area contributed by atoms with Crippen LogP contribution in [0.4, 0.5) is 10.3 Å². The molecule has 0 atom stereocenters. The van der Waals surface area contributed by atoms with Crippen molar-refractivity contribution in [3.05, 3.63) is 70.4 Å². The van der Waals surface area contributed by atoms with E-state index in [1.165, 1.54) is 27.7 Å². The van der Waals surface area contributed by atoms with Crippen LogP contribution in [0.5, 0.6) is 0 Å². The van der Waals surface area contributed by atoms with Gasteiger partial charge in [0.15, 0.2) is 5.71 Å². The third-order valence-corrected chi connectivity index (χ3v) is 6.45. The number of carbonyl (C=O) groups is 1. The molecule has 0 radical (unpaired) electrons. The molecule has 7 nitrogen and oxygen atoms in total. The molecule has 10 heteroatoms. The number of nitrogens with zero attached hydrogens (tertiary/aromatic N) is 5. The van der Waals surface area contributed by atoms with Gasteiger partial charge >= 0.3 is 5.91 Å². The van der Waals surface area contributed by atoms with Crippen LogP contribution in [0, 0.1) is 0 Å². The van der Waals surface area contributed by atoms with Gasteiger partial charge in [0.25, 0.3) is 0 Å². The highest BCUT2D eigenvalue weighted by Gasteiger charge is 2.32. The van der Waals surface area contributed by atoms with Crippen LogP contribution in [0.1, 0.15) is 6.92 Å². The van der Waals surface area contributed by atoms with E-state index in [0.29, 0.717) is 21.0 Å². The maximum atomic E-state index is 12.9. The van der Waals surface area contributed by atoms with E-state index in [1.54, 1.807) is 19.1 Å². The van der Waals surface area contributed by atoms with Gasteiger partial charge in [0.1, 0.15) is 0 Å². The molecular formula is C22H15ClN6OS2. The number of carbonyl (C=O) groups excluding carboxylic acids is 1. The third kappa shape index (κ3) is 4.05. The van der Waals surface area contributed by atoms with E-state index < -0.39 is 0 Å². The molecule has 5 rings (SSSR count). The minimum atomic E-state index is -0.341. The van der Waals surface area contributed by atoms with E-state index in [4.69, 9.17) is 11.6 Å². The quantitative estimate of drug-likeness (QED) is 0.369. The molecule has 0 saturated carbocycles. The van der Waals surface area contributed by atoms with Gasteiger partial charge in [-0.25, -0.2) is 9.97 Å². The molecule has 1 aliphatic heterocycles. The van der Waals surface area contributed by atoms with Crippen LogP contribution in [-0.4, -0.2) is 27.3 Å². The average Bonchev–Trinajstić information content (AvgIpc) is 3.54. The number of benzene rings is 2. The topological polar surface area (TPSA) is 82.8 Å². The summed E-state index contributed by atoms with van der Waals surface area (Å²) in [6, 6.07) is 17.2. The van der Waals surface area contributed by atoms with Crippen LogP contribution in [0.15, 0.2) is 75.6 Å². The van der Waals surface area contributed by atoms with E-state index >= 15 is 0 Å². The second kappa shape index (κ2) is 8.62. The summed E-state index contributed by atoms with van der Waals surface area (Å²) in [7, 11) is 0. The Kier molecular flexibility index (Phi) is 5.52. The van der Waals surface area contributed by atoms with Gasteiger partial charge in [-0.15, -0.1) is 22.7 Å². The summed E-state index contributed by atoms with van der Waals surface area (Å²) in [6.07, 6.45) is 0. The Hall–Kier alpha value is -3.40. The number of aromatic nitrogens is 2. The minimum Gasteiger partial charge on any atom is -0.265 e. The van der Waals surface area contributed by atoms with Crippen LogP contribution in [0.25, 0.3) is 22.5 Å². The standard InChI is InChI=1S/C22H15ClN6OS2/c1-13-19(26-27-21-24-17(11-31-21)14-5-3-2-4-6-14)20(30)29(28-13)22-25-18(12-32-22)15-7-9-16(23)10-8-15/h2-12H,1H3,(H,24,27)/b26-19+. The summed E-state index contributed by atoms with van der Waals surface area (Å²) < 4.78 is 0. The molecule has 3 heterocycles. The highest BCUT2D eigenvalue weighted by Crippen LogP contribution is 2.30. The fourth-order valence-electron chi connectivity index (χ4n) is 3.04. The first-order valence-electron chi connectivity index (χ1n) is 9.54. The second-order valence-corrected chi connectivity index (χ2v) is 8.93. The molecule has 1 aliphatic rings. The normalized spacial score (nSPS) is 14.8. The maximum Gasteiger partial charge on any atom is 0.303 e. The van der Waals surface area contributed by atoms with Crippen molar-refractivity contribution in [2.45, 2.75) is 6.92 Å². The molecule has 0 saturated heterocycles. The van der Waals surface area contributed by atoms with Crippen molar-refractivity contribution in [1.82, 2.24) is 9.97 Å². The highest BCUT2D eigenvalue weighted by atomic mass is 35.5. The van der Waals surface area contributed by atoms with Gasteiger partial charge in [-0.3, -0.25) is 10.2 Å². The summed E-state index contributed by atoms with van der Waals surface area (Å²) in [4.78, 5) is 22.0. The van der Waals surface area contributed by atoms with Crippen LogP contribution < -0.4 is 10.4 Å². The van der Waals surface area contributed by atoms with Crippen molar-refractivity contribution in [3.8, 4) is 22.5 Å². The number of nitrogens with one attached hydrogen (secondary N) is 1. The van der Waals surface area contributed by atoms with E-state index in [-0.39, 0.29) is 11.6 Å². The maximum absolute atomic E-state index is 12.9. The molecule has 1 N–H and O–H groups in total. The molecule has 2 aromatic carbocycles. The van der Waals surface area contributed by atoms with Gasteiger partial charge in [0, 0.05) is 26.9 Å². The van der Waals surface area contributed by atoms with Gasteiger partial charge in [-0.2, -0.15) is 15.2 Å². The predicted octanol–water partition coefficient (Wildman–Crippen LogP) is 5.78. The van der Waals surface area contributed by atoms with Crippen molar-refractivity contribution in [3.63, 3.8) is 0 Å². The Bertz CT molecular complexity index is 1340. The molecular weight excluding hydrogens is 464 g/mol. The Morgan fingerprint density at radius 1 is 0.938 bits per heavy atom. The molecule has 158 valence electrons. The molecule has 32 heavy (non-hydrogen) atoms. The smallest absolute Gasteiger partial charge is 0.265 e. The van der Waals surface area contributed by atoms with Crippen molar-refractivity contribution in [2.75, 3.05) is 10.4 Å². The molecule has 1 amide bonds. The fourth-order valence-corrected chi connectivity index (χ4v) is 4.61. The van der Waals surface area contributed by atoms with Gasteiger partial charge in [0.05, 0.1) is 17.1 Å². The highest BCUT2D eigenvalue weighted by molar-refractivity contribution is 7.14. The summed E-state index contributed by atoms with van der Waals surface area (Å²) in [5, 5.41) is 15.4. The zero-order valence-electron chi connectivity index (χ0n) is 16.7. The SMILES string of the molecule is CC1=NN(c2nc(-c3ccc(Cl)cc3)cs2)C(=O)/C1=N/Nc1nc(-c2ccccc2)cs1. The first kappa shape index (κ1) is 20.5. The molecule has 4 aromatic rings. The van der Waals surface area contributed by atoms with E-state index in [1.807, 2.05) is 53.2 Å². The number of anilines is 2. The molecule has 2 aromatic heterocycles. The summed E-state index contributed by atoms with van der Waals surface area (Å²) in [5.74, 6) is -0.341. The first-order valence-corrected chi connectivity index (χ1v) is 11.7. The molecule has 0 aliphatic carbocycles. The van der Waals surface area contributed by atoms with Gasteiger partial charge in [-0.05, 0) is 19.1 Å². The Labute approximate surface area is 196 Å². The molecule has 0 fully saturated rings. The fraction of sp³-hybridized carbons (Fsp3) is 0.0455. The third-order valence-electron chi connectivity index (χ3n) is 4.64. The number of thiazole rings is 2. The zero-order chi connectivity index (χ0) is 22.1. The summed E-state index contributed by atoms with van der Waals surface area (Å²) in [5.41, 5.74) is 7.15. The van der Waals surface area contributed by atoms with Crippen molar-refractivity contribution < 1.29 is 4.79 Å². The van der Waals surface area contributed by atoms with E-state index in [2.05, 4.69) is 25.6 Å². The van der Waals surface area contributed by atoms with E-state index in [0.717, 1.165) is 22.5 Å². The number of rotatable bonds is 5. The largest absolute Gasteiger partial charge is 0.303 e. The lowest BCUT2D eigenvalue weighted by atomic mass is 10.2. The zero-order valence-corrected chi connectivity index (χ0v) is 19.1. The number of hydrazone groups is 2. The lowest BCUT2D eigenvalue weighted by Crippen LogP contribution is -2.27. The van der Waals surface area contributed by atoms with Crippen molar-refractivity contribution in [1.29, 1.82) is 0 Å². The Morgan fingerprint density at radius 2 is 1.62 bits per heavy atom. The first-order chi connectivity index (χ1) is 15.6. The summed E-state index contributed by atoms with van der Waals surface area (Å²) in [6.45, 7) is 1.74. The van der Waals surface area contributed by atoms with Crippen LogP contribution >= 0.6 is 34.3 Å². The molecule has 0 spiro atoms. The van der Waals surface area contributed by atoms with Gasteiger partial charge in [0.2, 0.25) is 10.3 Å². The summed E-state index contributed by atoms with van der Waals surface area (Å²) >= 11 is 8.71. The monoisotopic (exact) mass is 478 g/mol. The number of hydrogen-bond donors (Lipinski definition) is 1. The van der Waals surface area contributed by atoms with Gasteiger partial charge in [-0.1, -0.05) is 54.1 Å². The lowest BCUT2D eigenvalue weighted by molar-refractivity contribution is -0.112. The van der Waals surface area contributed by atoms with E-state index in [9.17, 15) is 4.79 Å².